The molecule has 0 unspecified atom stereocenters. The van der Waals surface area contributed by atoms with Crippen LogP contribution in [0.2, 0.25) is 0 Å². The van der Waals surface area contributed by atoms with Gasteiger partial charge in [-0.05, 0) is 102 Å². The van der Waals surface area contributed by atoms with Crippen molar-refractivity contribution in [1.29, 1.82) is 0 Å². The summed E-state index contributed by atoms with van der Waals surface area (Å²) < 4.78 is 0. The van der Waals surface area contributed by atoms with Gasteiger partial charge in [0.1, 0.15) is 0 Å². The first kappa shape index (κ1) is 23.6. The Kier molecular flexibility index (Phi) is 7.37. The maximum absolute atomic E-state index is 5.91. The van der Waals surface area contributed by atoms with Crippen molar-refractivity contribution in [2.75, 3.05) is 11.5 Å². The van der Waals surface area contributed by atoms with Crippen LogP contribution in [0.15, 0.2) is 84.9 Å². The van der Waals surface area contributed by atoms with Gasteiger partial charge in [0.25, 0.3) is 0 Å². The molecule has 0 saturated carbocycles. The van der Waals surface area contributed by atoms with Gasteiger partial charge in [-0.3, -0.25) is 0 Å². The first-order valence-corrected chi connectivity index (χ1v) is 12.3. The SMILES string of the molecule is CCCC(c1ccc(Cc2ccc(N)cc2C)cc1)c1ccc(Cc2ccc(N)cc2C)cc1. The van der Waals surface area contributed by atoms with Crippen molar-refractivity contribution < 1.29 is 0 Å². The Morgan fingerprint density at radius 2 is 1.00 bits per heavy atom. The van der Waals surface area contributed by atoms with Gasteiger partial charge in [0, 0.05) is 17.3 Å². The highest BCUT2D eigenvalue weighted by Crippen LogP contribution is 2.30. The minimum absolute atomic E-state index is 0.421. The number of nitrogen functional groups attached to an aromatic ring is 2. The molecule has 4 aromatic rings. The number of aryl methyl sites for hydroxylation is 2. The fourth-order valence-electron chi connectivity index (χ4n) is 4.82. The lowest BCUT2D eigenvalue weighted by molar-refractivity contribution is 0.698. The van der Waals surface area contributed by atoms with Crippen LogP contribution in [0.1, 0.15) is 70.2 Å². The number of hydrogen-bond acceptors (Lipinski definition) is 2. The van der Waals surface area contributed by atoms with Crippen LogP contribution in [-0.4, -0.2) is 0 Å². The van der Waals surface area contributed by atoms with Gasteiger partial charge in [0.15, 0.2) is 0 Å². The van der Waals surface area contributed by atoms with E-state index in [0.717, 1.165) is 37.1 Å². The molecule has 0 saturated heterocycles. The van der Waals surface area contributed by atoms with E-state index in [4.69, 9.17) is 11.5 Å². The molecule has 0 bridgehead atoms. The zero-order valence-electron chi connectivity index (χ0n) is 20.6. The maximum Gasteiger partial charge on any atom is 0.0316 e. The van der Waals surface area contributed by atoms with E-state index in [0.29, 0.717) is 5.92 Å². The van der Waals surface area contributed by atoms with Gasteiger partial charge in [0.2, 0.25) is 0 Å². The largest absolute Gasteiger partial charge is 0.399 e. The monoisotopic (exact) mass is 448 g/mol. The van der Waals surface area contributed by atoms with Gasteiger partial charge in [-0.2, -0.15) is 0 Å². The zero-order chi connectivity index (χ0) is 24.1. The highest BCUT2D eigenvalue weighted by atomic mass is 14.5. The first-order chi connectivity index (χ1) is 16.4. The minimum Gasteiger partial charge on any atom is -0.399 e. The number of rotatable bonds is 8. The molecular weight excluding hydrogens is 412 g/mol. The molecule has 34 heavy (non-hydrogen) atoms. The van der Waals surface area contributed by atoms with Crippen molar-refractivity contribution in [1.82, 2.24) is 0 Å². The summed E-state index contributed by atoms with van der Waals surface area (Å²) in [7, 11) is 0. The molecule has 0 aromatic heterocycles. The number of nitrogens with two attached hydrogens (primary N) is 2. The second-order valence-electron chi connectivity index (χ2n) is 9.55. The van der Waals surface area contributed by atoms with E-state index >= 15 is 0 Å². The van der Waals surface area contributed by atoms with Crippen LogP contribution in [0.5, 0.6) is 0 Å². The van der Waals surface area contributed by atoms with E-state index in [1.54, 1.807) is 0 Å². The molecule has 0 spiro atoms. The van der Waals surface area contributed by atoms with Crippen molar-refractivity contribution in [3.05, 3.63) is 129 Å². The van der Waals surface area contributed by atoms with Gasteiger partial charge in [-0.25, -0.2) is 0 Å². The molecule has 0 fully saturated rings. The maximum atomic E-state index is 5.91. The molecule has 4 rings (SSSR count). The summed E-state index contributed by atoms with van der Waals surface area (Å²) in [5, 5.41) is 0. The first-order valence-electron chi connectivity index (χ1n) is 12.3. The summed E-state index contributed by atoms with van der Waals surface area (Å²) in [4.78, 5) is 0. The minimum atomic E-state index is 0.421. The highest BCUT2D eigenvalue weighted by Gasteiger charge is 2.14. The van der Waals surface area contributed by atoms with E-state index in [1.165, 1.54) is 44.5 Å². The van der Waals surface area contributed by atoms with Crippen molar-refractivity contribution in [3.8, 4) is 0 Å². The van der Waals surface area contributed by atoms with E-state index < -0.39 is 0 Å². The van der Waals surface area contributed by atoms with E-state index in [-0.39, 0.29) is 0 Å². The average Bonchev–Trinajstić information content (AvgIpc) is 2.82. The smallest absolute Gasteiger partial charge is 0.0316 e. The molecule has 0 aliphatic carbocycles. The summed E-state index contributed by atoms with van der Waals surface area (Å²) >= 11 is 0. The second-order valence-corrected chi connectivity index (χ2v) is 9.55. The molecule has 0 aliphatic heterocycles. The van der Waals surface area contributed by atoms with Crippen LogP contribution in [-0.2, 0) is 12.8 Å². The van der Waals surface area contributed by atoms with Gasteiger partial charge in [-0.1, -0.05) is 74.0 Å². The third kappa shape index (κ3) is 5.69. The number of hydrogen-bond donors (Lipinski definition) is 2. The van der Waals surface area contributed by atoms with Crippen LogP contribution < -0.4 is 11.5 Å². The van der Waals surface area contributed by atoms with Crippen molar-refractivity contribution in [2.24, 2.45) is 0 Å². The topological polar surface area (TPSA) is 52.0 Å². The molecule has 0 aliphatic rings. The number of benzene rings is 4. The Balaban J connectivity index is 1.50. The molecular formula is C32H36N2. The fraction of sp³-hybridized carbons (Fsp3) is 0.250. The quantitative estimate of drug-likeness (QED) is 0.273. The van der Waals surface area contributed by atoms with Crippen LogP contribution >= 0.6 is 0 Å². The zero-order valence-corrected chi connectivity index (χ0v) is 20.6. The Bertz CT molecular complexity index is 1140. The number of anilines is 2. The van der Waals surface area contributed by atoms with Gasteiger partial charge < -0.3 is 11.5 Å². The summed E-state index contributed by atoms with van der Waals surface area (Å²) in [5.74, 6) is 0.421. The van der Waals surface area contributed by atoms with Crippen LogP contribution in [0.4, 0.5) is 11.4 Å². The Hall–Kier alpha value is -3.52. The molecule has 2 heteroatoms. The molecule has 4 aromatic carbocycles. The molecule has 0 radical (unpaired) electrons. The van der Waals surface area contributed by atoms with Gasteiger partial charge in [0.05, 0.1) is 0 Å². The van der Waals surface area contributed by atoms with Crippen LogP contribution in [0.25, 0.3) is 0 Å². The van der Waals surface area contributed by atoms with Crippen molar-refractivity contribution >= 4 is 11.4 Å². The predicted molar refractivity (Wildman–Crippen MR) is 146 cm³/mol. The lowest BCUT2D eigenvalue weighted by Gasteiger charge is -2.19. The summed E-state index contributed by atoms with van der Waals surface area (Å²) in [5.41, 5.74) is 24.1. The normalized spacial score (nSPS) is 11.2. The Labute approximate surface area is 204 Å². The molecule has 4 N–H and O–H groups in total. The molecule has 0 heterocycles. The standard InChI is InChI=1S/C32H36N2/c1-4-5-32(26-10-6-24(7-11-26)20-28-14-16-30(33)18-22(28)2)27-12-8-25(9-13-27)21-29-15-17-31(34)19-23(29)3/h6-19,32H,4-5,20-21,33-34H2,1-3H3. The van der Waals surface area contributed by atoms with E-state index in [9.17, 15) is 0 Å². The van der Waals surface area contributed by atoms with Crippen LogP contribution in [0, 0.1) is 13.8 Å². The molecule has 0 atom stereocenters. The van der Waals surface area contributed by atoms with Crippen LogP contribution in [0.3, 0.4) is 0 Å². The fourth-order valence-corrected chi connectivity index (χ4v) is 4.82. The van der Waals surface area contributed by atoms with Crippen molar-refractivity contribution in [2.45, 2.75) is 52.4 Å². The average molecular weight is 449 g/mol. The summed E-state index contributed by atoms with van der Waals surface area (Å²) in [6.45, 7) is 6.54. The van der Waals surface area contributed by atoms with E-state index in [2.05, 4.69) is 93.6 Å². The van der Waals surface area contributed by atoms with E-state index in [1.807, 2.05) is 12.1 Å². The highest BCUT2D eigenvalue weighted by molar-refractivity contribution is 5.47. The lowest BCUT2D eigenvalue weighted by Crippen LogP contribution is -2.02. The Morgan fingerprint density at radius 1 is 0.588 bits per heavy atom. The summed E-state index contributed by atoms with van der Waals surface area (Å²) in [6, 6.07) is 30.8. The molecule has 2 nitrogen and oxygen atoms in total. The third-order valence-corrected chi connectivity index (χ3v) is 6.86. The van der Waals surface area contributed by atoms with Gasteiger partial charge in [-0.15, -0.1) is 0 Å². The summed E-state index contributed by atoms with van der Waals surface area (Å²) in [6.07, 6.45) is 4.17. The molecule has 0 amide bonds. The molecule has 174 valence electrons. The second kappa shape index (κ2) is 10.6. The predicted octanol–water partition coefficient (Wildman–Crippen LogP) is 7.58. The lowest BCUT2D eigenvalue weighted by atomic mass is 9.86. The Morgan fingerprint density at radius 3 is 1.35 bits per heavy atom. The van der Waals surface area contributed by atoms with Gasteiger partial charge >= 0.3 is 0 Å². The third-order valence-electron chi connectivity index (χ3n) is 6.86. The van der Waals surface area contributed by atoms with Crippen molar-refractivity contribution in [3.63, 3.8) is 0 Å².